The summed E-state index contributed by atoms with van der Waals surface area (Å²) in [5.41, 5.74) is 1.11. The van der Waals surface area contributed by atoms with Crippen molar-refractivity contribution in [1.29, 1.82) is 0 Å². The lowest BCUT2D eigenvalue weighted by Crippen LogP contribution is -2.51. The molecule has 0 bridgehead atoms. The van der Waals surface area contributed by atoms with Crippen molar-refractivity contribution in [2.24, 2.45) is 0 Å². The van der Waals surface area contributed by atoms with Gasteiger partial charge in [0.25, 0.3) is 0 Å². The van der Waals surface area contributed by atoms with E-state index in [0.717, 1.165) is 37.1 Å². The lowest BCUT2D eigenvalue weighted by Gasteiger charge is -2.35. The molecule has 1 aromatic carbocycles. The van der Waals surface area contributed by atoms with Gasteiger partial charge in [0.2, 0.25) is 0 Å². The molecule has 22 heavy (non-hydrogen) atoms. The van der Waals surface area contributed by atoms with Gasteiger partial charge in [-0.25, -0.2) is 0 Å². The lowest BCUT2D eigenvalue weighted by atomic mass is 9.90. The quantitative estimate of drug-likeness (QED) is 0.761. The van der Waals surface area contributed by atoms with Crippen LogP contribution in [-0.4, -0.2) is 42.6 Å². The number of para-hydroxylation sites is 1. The highest BCUT2D eigenvalue weighted by molar-refractivity contribution is 5.32. The number of aliphatic hydroxyl groups excluding tert-OH is 1. The minimum Gasteiger partial charge on any atom is -0.487 e. The molecule has 0 saturated heterocycles. The third kappa shape index (κ3) is 4.97. The number of ether oxygens (including phenoxy) is 2. The first-order valence-electron chi connectivity index (χ1n) is 8.33. The van der Waals surface area contributed by atoms with Crippen molar-refractivity contribution in [3.05, 3.63) is 29.8 Å². The zero-order valence-corrected chi connectivity index (χ0v) is 13.9. The largest absolute Gasteiger partial charge is 0.487 e. The van der Waals surface area contributed by atoms with Crippen LogP contribution in [0.25, 0.3) is 0 Å². The highest BCUT2D eigenvalue weighted by atomic mass is 16.5. The molecule has 124 valence electrons. The molecule has 0 radical (unpaired) electrons. The van der Waals surface area contributed by atoms with Gasteiger partial charge in [0, 0.05) is 12.6 Å². The van der Waals surface area contributed by atoms with E-state index < -0.39 is 6.10 Å². The molecule has 2 rings (SSSR count). The summed E-state index contributed by atoms with van der Waals surface area (Å²) in [6.45, 7) is 7.52. The molecule has 1 saturated carbocycles. The van der Waals surface area contributed by atoms with Crippen molar-refractivity contribution in [2.45, 2.75) is 64.4 Å². The first-order valence-corrected chi connectivity index (χ1v) is 8.33. The summed E-state index contributed by atoms with van der Waals surface area (Å²) in [5.74, 6) is 0.871. The van der Waals surface area contributed by atoms with Gasteiger partial charge in [0.05, 0.1) is 12.7 Å². The fraction of sp³-hybridized carbons (Fsp3) is 0.667. The summed E-state index contributed by atoms with van der Waals surface area (Å²) in [6.07, 6.45) is 2.57. The first-order chi connectivity index (χ1) is 10.6. The fourth-order valence-electron chi connectivity index (χ4n) is 2.88. The lowest BCUT2D eigenvalue weighted by molar-refractivity contribution is -0.0182. The van der Waals surface area contributed by atoms with E-state index in [4.69, 9.17) is 9.47 Å². The molecule has 4 heteroatoms. The molecule has 2 N–H and O–H groups in total. The minimum absolute atomic E-state index is 0.0820. The normalized spacial score (nSPS) is 25.4. The molecule has 0 aromatic heterocycles. The summed E-state index contributed by atoms with van der Waals surface area (Å²) in [7, 11) is 0. The van der Waals surface area contributed by atoms with Crippen molar-refractivity contribution < 1.29 is 14.6 Å². The molecule has 1 fully saturated rings. The Kier molecular flexibility index (Phi) is 6.68. The van der Waals surface area contributed by atoms with Crippen LogP contribution in [-0.2, 0) is 4.74 Å². The number of hydrogen-bond acceptors (Lipinski definition) is 4. The Balaban J connectivity index is 1.84. The molecule has 0 heterocycles. The molecule has 1 aliphatic carbocycles. The molecule has 0 aliphatic heterocycles. The Morgan fingerprint density at radius 3 is 2.77 bits per heavy atom. The molecule has 1 aliphatic rings. The van der Waals surface area contributed by atoms with E-state index >= 15 is 0 Å². The SMILES string of the molecule is Cc1ccccc1O[C@@H]1CCC[C@H](NCCOC(C)C)[C@H]1O. The molecule has 0 unspecified atom stereocenters. The third-order valence-electron chi connectivity index (χ3n) is 4.13. The Morgan fingerprint density at radius 1 is 1.27 bits per heavy atom. The Hall–Kier alpha value is -1.10. The number of nitrogens with one attached hydrogen (secondary N) is 1. The van der Waals surface area contributed by atoms with Gasteiger partial charge in [-0.3, -0.25) is 0 Å². The standard InChI is InChI=1S/C18H29NO3/c1-13(2)21-12-11-19-15-8-6-10-17(18(15)20)22-16-9-5-4-7-14(16)3/h4-5,7,9,13,15,17-20H,6,8,10-12H2,1-3H3/t15-,17+,18+/m0/s1. The van der Waals surface area contributed by atoms with Gasteiger partial charge in [-0.05, 0) is 51.7 Å². The van der Waals surface area contributed by atoms with E-state index in [0.29, 0.717) is 6.61 Å². The van der Waals surface area contributed by atoms with Crippen molar-refractivity contribution in [2.75, 3.05) is 13.2 Å². The van der Waals surface area contributed by atoms with E-state index in [1.165, 1.54) is 0 Å². The monoisotopic (exact) mass is 307 g/mol. The Bertz CT molecular complexity index is 450. The second-order valence-corrected chi connectivity index (χ2v) is 6.32. The Labute approximate surface area is 133 Å². The van der Waals surface area contributed by atoms with Gasteiger partial charge < -0.3 is 19.9 Å². The molecular formula is C18H29NO3. The van der Waals surface area contributed by atoms with Crippen LogP contribution in [0, 0.1) is 6.92 Å². The van der Waals surface area contributed by atoms with Gasteiger partial charge in [-0.2, -0.15) is 0 Å². The smallest absolute Gasteiger partial charge is 0.126 e. The van der Waals surface area contributed by atoms with Crippen LogP contribution in [0.3, 0.4) is 0 Å². The maximum Gasteiger partial charge on any atom is 0.126 e. The van der Waals surface area contributed by atoms with Gasteiger partial charge in [0.1, 0.15) is 18.0 Å². The Morgan fingerprint density at radius 2 is 2.05 bits per heavy atom. The van der Waals surface area contributed by atoms with E-state index in [-0.39, 0.29) is 18.2 Å². The molecule has 0 spiro atoms. The molecular weight excluding hydrogens is 278 g/mol. The van der Waals surface area contributed by atoms with Crippen LogP contribution < -0.4 is 10.1 Å². The van der Waals surface area contributed by atoms with Crippen LogP contribution in [0.15, 0.2) is 24.3 Å². The predicted molar refractivity (Wildman–Crippen MR) is 88.3 cm³/mol. The summed E-state index contributed by atoms with van der Waals surface area (Å²) in [4.78, 5) is 0. The number of rotatable bonds is 7. The third-order valence-corrected chi connectivity index (χ3v) is 4.13. The highest BCUT2D eigenvalue weighted by Gasteiger charge is 2.33. The topological polar surface area (TPSA) is 50.7 Å². The van der Waals surface area contributed by atoms with Crippen LogP contribution >= 0.6 is 0 Å². The summed E-state index contributed by atoms with van der Waals surface area (Å²) >= 11 is 0. The second-order valence-electron chi connectivity index (χ2n) is 6.32. The number of hydrogen-bond donors (Lipinski definition) is 2. The van der Waals surface area contributed by atoms with Gasteiger partial charge in [-0.15, -0.1) is 0 Å². The van der Waals surface area contributed by atoms with E-state index in [1.807, 2.05) is 45.0 Å². The maximum atomic E-state index is 10.6. The zero-order valence-electron chi connectivity index (χ0n) is 13.9. The van der Waals surface area contributed by atoms with E-state index in [1.54, 1.807) is 0 Å². The van der Waals surface area contributed by atoms with Crippen LogP contribution in [0.2, 0.25) is 0 Å². The number of aliphatic hydroxyl groups is 1. The molecule has 4 nitrogen and oxygen atoms in total. The summed E-state index contributed by atoms with van der Waals surface area (Å²) in [6, 6.07) is 8.05. The summed E-state index contributed by atoms with van der Waals surface area (Å²) in [5, 5.41) is 14.0. The fourth-order valence-corrected chi connectivity index (χ4v) is 2.88. The van der Waals surface area contributed by atoms with Gasteiger partial charge in [0.15, 0.2) is 0 Å². The summed E-state index contributed by atoms with van der Waals surface area (Å²) < 4.78 is 11.6. The van der Waals surface area contributed by atoms with Crippen molar-refractivity contribution >= 4 is 0 Å². The minimum atomic E-state index is -0.479. The second kappa shape index (κ2) is 8.51. The number of benzene rings is 1. The van der Waals surface area contributed by atoms with Crippen LogP contribution in [0.4, 0.5) is 0 Å². The van der Waals surface area contributed by atoms with Gasteiger partial charge in [-0.1, -0.05) is 18.2 Å². The molecule has 3 atom stereocenters. The number of aryl methyl sites for hydroxylation is 1. The van der Waals surface area contributed by atoms with Crippen molar-refractivity contribution in [3.63, 3.8) is 0 Å². The maximum absolute atomic E-state index is 10.6. The zero-order chi connectivity index (χ0) is 15.9. The first kappa shape index (κ1) is 17.3. The van der Waals surface area contributed by atoms with Crippen LogP contribution in [0.5, 0.6) is 5.75 Å². The molecule has 0 amide bonds. The van der Waals surface area contributed by atoms with Gasteiger partial charge >= 0.3 is 0 Å². The van der Waals surface area contributed by atoms with Crippen molar-refractivity contribution in [3.8, 4) is 5.75 Å². The highest BCUT2D eigenvalue weighted by Crippen LogP contribution is 2.26. The average Bonchev–Trinajstić information content (AvgIpc) is 2.49. The molecule has 1 aromatic rings. The van der Waals surface area contributed by atoms with E-state index in [9.17, 15) is 5.11 Å². The predicted octanol–water partition coefficient (Wildman–Crippen LogP) is 2.67. The van der Waals surface area contributed by atoms with Crippen LogP contribution in [0.1, 0.15) is 38.7 Å². The van der Waals surface area contributed by atoms with E-state index in [2.05, 4.69) is 5.32 Å². The average molecular weight is 307 g/mol. The van der Waals surface area contributed by atoms with Crippen molar-refractivity contribution in [1.82, 2.24) is 5.32 Å².